The van der Waals surface area contributed by atoms with Gasteiger partial charge in [-0.15, -0.1) is 5.10 Å². The van der Waals surface area contributed by atoms with Gasteiger partial charge in [-0.3, -0.25) is 0 Å². The van der Waals surface area contributed by atoms with Crippen molar-refractivity contribution >= 4 is 5.82 Å². The number of hydrogen-bond donors (Lipinski definition) is 0. The summed E-state index contributed by atoms with van der Waals surface area (Å²) in [6, 6.07) is 2.22. The molecule has 0 amide bonds. The minimum Gasteiger partial charge on any atom is -0.377 e. The molecule has 0 saturated carbocycles. The van der Waals surface area contributed by atoms with Crippen molar-refractivity contribution in [3.63, 3.8) is 0 Å². The van der Waals surface area contributed by atoms with Crippen LogP contribution in [0, 0.1) is 25.2 Å². The van der Waals surface area contributed by atoms with Gasteiger partial charge in [-0.05, 0) is 19.4 Å². The molecule has 2 heterocycles. The van der Waals surface area contributed by atoms with E-state index in [1.165, 1.54) is 0 Å². The van der Waals surface area contributed by atoms with Crippen LogP contribution in [0.15, 0.2) is 0 Å². The van der Waals surface area contributed by atoms with Gasteiger partial charge in [0.25, 0.3) is 0 Å². The van der Waals surface area contributed by atoms with E-state index in [2.05, 4.69) is 16.3 Å². The molecule has 0 aromatic carbocycles. The number of ether oxygens (including phenoxy) is 2. The van der Waals surface area contributed by atoms with Crippen LogP contribution >= 0.6 is 0 Å². The first-order chi connectivity index (χ1) is 9.12. The molecular formula is C13H18N4O2. The summed E-state index contributed by atoms with van der Waals surface area (Å²) >= 11 is 0. The Kier molecular flexibility index (Phi) is 3.98. The van der Waals surface area contributed by atoms with Crippen molar-refractivity contribution in [3.05, 3.63) is 16.8 Å². The van der Waals surface area contributed by atoms with E-state index in [9.17, 15) is 5.26 Å². The largest absolute Gasteiger partial charge is 0.377 e. The number of nitriles is 1. The molecule has 1 aliphatic heterocycles. The maximum absolute atomic E-state index is 9.32. The van der Waals surface area contributed by atoms with E-state index in [4.69, 9.17) is 9.47 Å². The van der Waals surface area contributed by atoms with Gasteiger partial charge in [0.2, 0.25) is 0 Å². The lowest BCUT2D eigenvalue weighted by Gasteiger charge is -2.18. The Hall–Kier alpha value is -1.71. The Bertz CT molecular complexity index is 500. The summed E-state index contributed by atoms with van der Waals surface area (Å²) in [5, 5.41) is 17.6. The predicted octanol–water partition coefficient (Wildman–Crippen LogP) is 0.815. The molecule has 0 aliphatic carbocycles. The van der Waals surface area contributed by atoms with Crippen LogP contribution in [-0.4, -0.2) is 49.7 Å². The van der Waals surface area contributed by atoms with Crippen LogP contribution in [0.1, 0.15) is 16.8 Å². The molecule has 0 radical (unpaired) electrons. The second-order valence-corrected chi connectivity index (χ2v) is 4.67. The molecule has 2 unspecified atom stereocenters. The molecule has 1 saturated heterocycles. The highest BCUT2D eigenvalue weighted by molar-refractivity contribution is 5.58. The van der Waals surface area contributed by atoms with Gasteiger partial charge >= 0.3 is 0 Å². The minimum absolute atomic E-state index is 0.0139. The molecule has 0 bridgehead atoms. The monoisotopic (exact) mass is 262 g/mol. The molecular weight excluding hydrogens is 244 g/mol. The highest BCUT2D eigenvalue weighted by atomic mass is 16.5. The lowest BCUT2D eigenvalue weighted by Crippen LogP contribution is -2.27. The normalized spacial score (nSPS) is 22.6. The minimum atomic E-state index is -0.0139. The number of aromatic nitrogens is 2. The zero-order valence-corrected chi connectivity index (χ0v) is 11.7. The summed E-state index contributed by atoms with van der Waals surface area (Å²) in [5.41, 5.74) is 2.24. The molecule has 2 rings (SSSR count). The van der Waals surface area contributed by atoms with Crippen molar-refractivity contribution < 1.29 is 9.47 Å². The van der Waals surface area contributed by atoms with Crippen LogP contribution in [0.5, 0.6) is 0 Å². The third kappa shape index (κ3) is 2.39. The summed E-state index contributed by atoms with van der Waals surface area (Å²) in [5.74, 6) is 0.618. The Labute approximate surface area is 112 Å². The van der Waals surface area contributed by atoms with E-state index in [0.717, 1.165) is 11.3 Å². The van der Waals surface area contributed by atoms with E-state index in [1.807, 2.05) is 18.7 Å². The summed E-state index contributed by atoms with van der Waals surface area (Å²) in [6.07, 6.45) is -0.0279. The van der Waals surface area contributed by atoms with Crippen molar-refractivity contribution in [3.8, 4) is 6.07 Å². The zero-order valence-electron chi connectivity index (χ0n) is 11.7. The smallest absolute Gasteiger partial charge is 0.169 e. The lowest BCUT2D eigenvalue weighted by atomic mass is 10.1. The fraction of sp³-hybridized carbons (Fsp3) is 0.615. The van der Waals surface area contributed by atoms with Crippen molar-refractivity contribution in [1.29, 1.82) is 5.26 Å². The van der Waals surface area contributed by atoms with Crippen molar-refractivity contribution in [1.82, 2.24) is 10.2 Å². The molecule has 19 heavy (non-hydrogen) atoms. The lowest BCUT2D eigenvalue weighted by molar-refractivity contribution is -0.00461. The third-order valence-electron chi connectivity index (χ3n) is 3.67. The van der Waals surface area contributed by atoms with Crippen LogP contribution in [0.25, 0.3) is 0 Å². The average Bonchev–Trinajstić information content (AvgIpc) is 2.84. The molecule has 1 aromatic rings. The molecule has 1 fully saturated rings. The molecule has 2 atom stereocenters. The number of anilines is 1. The number of rotatable bonds is 3. The average molecular weight is 262 g/mol. The first-order valence-corrected chi connectivity index (χ1v) is 6.16. The van der Waals surface area contributed by atoms with E-state index in [1.54, 1.807) is 14.2 Å². The molecule has 1 aromatic heterocycles. The van der Waals surface area contributed by atoms with Gasteiger partial charge in [-0.25, -0.2) is 0 Å². The summed E-state index contributed by atoms with van der Waals surface area (Å²) < 4.78 is 10.8. The van der Waals surface area contributed by atoms with Gasteiger partial charge < -0.3 is 14.4 Å². The van der Waals surface area contributed by atoms with Crippen LogP contribution < -0.4 is 4.90 Å². The Balaban J connectivity index is 2.34. The number of aryl methyl sites for hydroxylation is 1. The summed E-state index contributed by atoms with van der Waals surface area (Å²) in [6.45, 7) is 5.05. The highest BCUT2D eigenvalue weighted by Gasteiger charge is 2.35. The molecule has 6 nitrogen and oxygen atoms in total. The SMILES string of the molecule is COC1CN(c2nnc(C)c(C)c2C#N)CC1OC. The number of hydrogen-bond acceptors (Lipinski definition) is 6. The van der Waals surface area contributed by atoms with Crippen molar-refractivity contribution in [2.45, 2.75) is 26.1 Å². The van der Waals surface area contributed by atoms with Crippen molar-refractivity contribution in [2.24, 2.45) is 0 Å². The van der Waals surface area contributed by atoms with Crippen LogP contribution in [-0.2, 0) is 9.47 Å². The second-order valence-electron chi connectivity index (χ2n) is 4.67. The Morgan fingerprint density at radius 3 is 2.21 bits per heavy atom. The fourth-order valence-corrected chi connectivity index (χ4v) is 2.32. The quantitative estimate of drug-likeness (QED) is 0.803. The fourth-order valence-electron chi connectivity index (χ4n) is 2.32. The molecule has 102 valence electrons. The Morgan fingerprint density at radius 2 is 1.74 bits per heavy atom. The van der Waals surface area contributed by atoms with Crippen LogP contribution in [0.3, 0.4) is 0 Å². The summed E-state index contributed by atoms with van der Waals surface area (Å²) in [7, 11) is 3.33. The van der Waals surface area contributed by atoms with Crippen LogP contribution in [0.2, 0.25) is 0 Å². The third-order valence-corrected chi connectivity index (χ3v) is 3.67. The Morgan fingerprint density at radius 1 is 1.16 bits per heavy atom. The first-order valence-electron chi connectivity index (χ1n) is 6.16. The summed E-state index contributed by atoms with van der Waals surface area (Å²) in [4.78, 5) is 2.00. The van der Waals surface area contributed by atoms with E-state index < -0.39 is 0 Å². The molecule has 1 aliphatic rings. The van der Waals surface area contributed by atoms with E-state index in [0.29, 0.717) is 24.5 Å². The zero-order chi connectivity index (χ0) is 14.0. The van der Waals surface area contributed by atoms with Gasteiger partial charge in [0.1, 0.15) is 23.8 Å². The van der Waals surface area contributed by atoms with E-state index >= 15 is 0 Å². The number of nitrogens with zero attached hydrogens (tertiary/aromatic N) is 4. The molecule has 0 N–H and O–H groups in total. The predicted molar refractivity (Wildman–Crippen MR) is 70.0 cm³/mol. The van der Waals surface area contributed by atoms with Crippen LogP contribution in [0.4, 0.5) is 5.82 Å². The van der Waals surface area contributed by atoms with Gasteiger partial charge in [0.05, 0.1) is 5.69 Å². The maximum atomic E-state index is 9.32. The first kappa shape index (κ1) is 13.7. The standard InChI is InChI=1S/C13H18N4O2/c1-8-9(2)15-16-13(10(8)5-14)17-6-11(18-3)12(7-17)19-4/h11-12H,6-7H2,1-4H3. The van der Waals surface area contributed by atoms with Crippen molar-refractivity contribution in [2.75, 3.05) is 32.2 Å². The van der Waals surface area contributed by atoms with Gasteiger partial charge in [0, 0.05) is 27.3 Å². The number of methoxy groups -OCH3 is 2. The van der Waals surface area contributed by atoms with Gasteiger partial charge in [0.15, 0.2) is 5.82 Å². The highest BCUT2D eigenvalue weighted by Crippen LogP contribution is 2.26. The van der Waals surface area contributed by atoms with Gasteiger partial charge in [-0.1, -0.05) is 0 Å². The molecule has 6 heteroatoms. The molecule has 0 spiro atoms. The topological polar surface area (TPSA) is 71.3 Å². The second kappa shape index (κ2) is 5.51. The maximum Gasteiger partial charge on any atom is 0.169 e. The van der Waals surface area contributed by atoms with E-state index in [-0.39, 0.29) is 12.2 Å². The van der Waals surface area contributed by atoms with Gasteiger partial charge in [-0.2, -0.15) is 10.4 Å².